The van der Waals surface area contributed by atoms with Gasteiger partial charge in [0.2, 0.25) is 0 Å². The number of nitrogens with zero attached hydrogens (tertiary/aromatic N) is 2. The Labute approximate surface area is 154 Å². The molecule has 25 heavy (non-hydrogen) atoms. The first-order chi connectivity index (χ1) is 12.1. The zero-order valence-electron chi connectivity index (χ0n) is 16.6. The third-order valence-electron chi connectivity index (χ3n) is 5.32. The van der Waals surface area contributed by atoms with Crippen molar-refractivity contribution < 1.29 is 9.53 Å². The lowest BCUT2D eigenvalue weighted by molar-refractivity contribution is -0.138. The number of ether oxygens (including phenoxy) is 1. The Hall–Kier alpha value is -1.34. The van der Waals surface area contributed by atoms with Crippen molar-refractivity contribution in [2.24, 2.45) is 11.8 Å². The molecule has 1 aliphatic rings. The Balaban J connectivity index is 2.70. The minimum absolute atomic E-state index is 0.172. The highest BCUT2D eigenvalue weighted by molar-refractivity contribution is 5.92. The number of allylic oxidation sites excluding steroid dienone is 1. The van der Waals surface area contributed by atoms with Crippen LogP contribution in [0.3, 0.4) is 0 Å². The number of rotatable bonds is 10. The topological polar surface area (TPSA) is 53.3 Å². The third kappa shape index (κ3) is 7.20. The second-order valence-corrected chi connectivity index (χ2v) is 7.26. The minimum atomic E-state index is -0.480. The molecule has 0 aromatic heterocycles. The van der Waals surface area contributed by atoms with Crippen LogP contribution in [0.5, 0.6) is 0 Å². The van der Waals surface area contributed by atoms with E-state index < -0.39 is 5.97 Å². The lowest BCUT2D eigenvalue weighted by atomic mass is 9.76. The fourth-order valence-corrected chi connectivity index (χ4v) is 3.74. The average molecular weight is 349 g/mol. The summed E-state index contributed by atoms with van der Waals surface area (Å²) < 4.78 is 4.98. The minimum Gasteiger partial charge on any atom is -0.462 e. The predicted molar refractivity (Wildman–Crippen MR) is 102 cm³/mol. The number of esters is 1. The Morgan fingerprint density at radius 1 is 1.20 bits per heavy atom. The number of carbonyl (C=O) groups is 1. The van der Waals surface area contributed by atoms with Crippen LogP contribution in [-0.2, 0) is 9.53 Å². The zero-order valence-corrected chi connectivity index (χ0v) is 16.6. The van der Waals surface area contributed by atoms with E-state index >= 15 is 0 Å². The standard InChI is InChI=1S/C21H36N2O2/c1-5-8-12-23(13-9-6-2)20-11-10-18(17(4)14-20)15-19(16-22)21(24)25-7-3/h15,17-18,20H,5-14H2,1-4H3/b19-15+. The molecule has 0 amide bonds. The molecule has 3 atom stereocenters. The normalized spacial score (nSPS) is 24.2. The molecule has 0 heterocycles. The summed E-state index contributed by atoms with van der Waals surface area (Å²) in [7, 11) is 0. The molecule has 142 valence electrons. The van der Waals surface area contributed by atoms with E-state index in [1.807, 2.05) is 12.1 Å². The van der Waals surface area contributed by atoms with Crippen LogP contribution >= 0.6 is 0 Å². The molecule has 1 saturated carbocycles. The number of carbonyl (C=O) groups excluding carboxylic acids is 1. The van der Waals surface area contributed by atoms with Gasteiger partial charge in [-0.05, 0) is 64.0 Å². The molecule has 0 bridgehead atoms. The zero-order chi connectivity index (χ0) is 18.7. The summed E-state index contributed by atoms with van der Waals surface area (Å²) in [5, 5.41) is 9.25. The highest BCUT2D eigenvalue weighted by atomic mass is 16.5. The van der Waals surface area contributed by atoms with E-state index in [-0.39, 0.29) is 5.57 Å². The first-order valence-electron chi connectivity index (χ1n) is 10.1. The molecule has 3 unspecified atom stereocenters. The maximum atomic E-state index is 11.8. The second-order valence-electron chi connectivity index (χ2n) is 7.26. The van der Waals surface area contributed by atoms with Gasteiger partial charge >= 0.3 is 5.97 Å². The predicted octanol–water partition coefficient (Wildman–Crippen LogP) is 4.71. The van der Waals surface area contributed by atoms with Gasteiger partial charge in [-0.2, -0.15) is 5.26 Å². The molecule has 4 nitrogen and oxygen atoms in total. The third-order valence-corrected chi connectivity index (χ3v) is 5.32. The van der Waals surface area contributed by atoms with Gasteiger partial charge in [0.25, 0.3) is 0 Å². The Kier molecular flexibility index (Phi) is 10.5. The Bertz CT molecular complexity index is 459. The quantitative estimate of drug-likeness (QED) is 0.326. The summed E-state index contributed by atoms with van der Waals surface area (Å²) in [6.45, 7) is 11.2. The van der Waals surface area contributed by atoms with Gasteiger partial charge in [-0.1, -0.05) is 39.7 Å². The van der Waals surface area contributed by atoms with Crippen molar-refractivity contribution in [1.82, 2.24) is 4.90 Å². The van der Waals surface area contributed by atoms with E-state index in [0.29, 0.717) is 24.5 Å². The smallest absolute Gasteiger partial charge is 0.348 e. The molecule has 0 N–H and O–H groups in total. The van der Waals surface area contributed by atoms with E-state index in [4.69, 9.17) is 4.74 Å². The highest BCUT2D eigenvalue weighted by Crippen LogP contribution is 2.34. The first kappa shape index (κ1) is 21.7. The van der Waals surface area contributed by atoms with Gasteiger partial charge in [0.05, 0.1) is 6.61 Å². The summed E-state index contributed by atoms with van der Waals surface area (Å²) in [5.74, 6) is 0.309. The maximum Gasteiger partial charge on any atom is 0.348 e. The van der Waals surface area contributed by atoms with Crippen molar-refractivity contribution >= 4 is 5.97 Å². The average Bonchev–Trinajstić information content (AvgIpc) is 2.61. The molecule has 0 saturated heterocycles. The van der Waals surface area contributed by atoms with Crippen LogP contribution in [0.25, 0.3) is 0 Å². The summed E-state index contributed by atoms with van der Waals surface area (Å²) in [4.78, 5) is 14.5. The van der Waals surface area contributed by atoms with Crippen molar-refractivity contribution in [2.45, 2.75) is 78.7 Å². The van der Waals surface area contributed by atoms with E-state index in [0.717, 1.165) is 19.3 Å². The van der Waals surface area contributed by atoms with Crippen molar-refractivity contribution in [2.75, 3.05) is 19.7 Å². The summed E-state index contributed by atoms with van der Waals surface area (Å²) in [5.41, 5.74) is 0.172. The molecule has 0 aromatic carbocycles. The molecule has 1 aliphatic carbocycles. The van der Waals surface area contributed by atoms with Gasteiger partial charge < -0.3 is 9.64 Å². The van der Waals surface area contributed by atoms with Crippen LogP contribution in [-0.4, -0.2) is 36.6 Å². The van der Waals surface area contributed by atoms with Gasteiger partial charge in [0, 0.05) is 6.04 Å². The molecule has 0 radical (unpaired) electrons. The van der Waals surface area contributed by atoms with Gasteiger partial charge in [-0.15, -0.1) is 0 Å². The van der Waals surface area contributed by atoms with Gasteiger partial charge in [-0.3, -0.25) is 0 Å². The van der Waals surface area contributed by atoms with Gasteiger partial charge in [0.1, 0.15) is 11.6 Å². The second kappa shape index (κ2) is 12.1. The molecule has 4 heteroatoms. The molecule has 0 aliphatic heterocycles. The molecular formula is C21H36N2O2. The fourth-order valence-electron chi connectivity index (χ4n) is 3.74. The number of hydrogen-bond acceptors (Lipinski definition) is 4. The van der Waals surface area contributed by atoms with Crippen LogP contribution in [0, 0.1) is 23.2 Å². The van der Waals surface area contributed by atoms with Crippen molar-refractivity contribution in [3.8, 4) is 6.07 Å². The lowest BCUT2D eigenvalue weighted by Gasteiger charge is -2.39. The molecular weight excluding hydrogens is 312 g/mol. The van der Waals surface area contributed by atoms with Crippen LogP contribution in [0.4, 0.5) is 0 Å². The molecule has 0 aromatic rings. The monoisotopic (exact) mass is 348 g/mol. The van der Waals surface area contributed by atoms with Gasteiger partial charge in [-0.25, -0.2) is 4.79 Å². The van der Waals surface area contributed by atoms with Crippen molar-refractivity contribution in [3.05, 3.63) is 11.6 Å². The highest BCUT2D eigenvalue weighted by Gasteiger charge is 2.30. The first-order valence-corrected chi connectivity index (χ1v) is 10.1. The number of nitriles is 1. The van der Waals surface area contributed by atoms with Crippen LogP contribution in [0.1, 0.15) is 72.6 Å². The number of unbranched alkanes of at least 4 members (excludes halogenated alkanes) is 2. The van der Waals surface area contributed by atoms with E-state index in [9.17, 15) is 10.1 Å². The van der Waals surface area contributed by atoms with Crippen molar-refractivity contribution in [3.63, 3.8) is 0 Å². The molecule has 1 fully saturated rings. The summed E-state index contributed by atoms with van der Waals surface area (Å²) >= 11 is 0. The largest absolute Gasteiger partial charge is 0.462 e. The fraction of sp³-hybridized carbons (Fsp3) is 0.810. The molecule has 1 rings (SSSR count). The van der Waals surface area contributed by atoms with E-state index in [1.165, 1.54) is 38.8 Å². The summed E-state index contributed by atoms with van der Waals surface area (Å²) in [6.07, 6.45) is 10.2. The Morgan fingerprint density at radius 3 is 2.32 bits per heavy atom. The SMILES string of the molecule is CCCCN(CCCC)C1CCC(/C=C(\C#N)C(=O)OCC)C(C)C1. The Morgan fingerprint density at radius 2 is 1.84 bits per heavy atom. The van der Waals surface area contributed by atoms with Crippen molar-refractivity contribution in [1.29, 1.82) is 5.26 Å². The van der Waals surface area contributed by atoms with Crippen LogP contribution in [0.15, 0.2) is 11.6 Å². The van der Waals surface area contributed by atoms with Crippen LogP contribution in [0.2, 0.25) is 0 Å². The lowest BCUT2D eigenvalue weighted by Crippen LogP contribution is -2.41. The maximum absolute atomic E-state index is 11.8. The number of hydrogen-bond donors (Lipinski definition) is 0. The van der Waals surface area contributed by atoms with Crippen LogP contribution < -0.4 is 0 Å². The van der Waals surface area contributed by atoms with E-state index in [2.05, 4.69) is 25.7 Å². The summed E-state index contributed by atoms with van der Waals surface area (Å²) in [6, 6.07) is 2.66. The van der Waals surface area contributed by atoms with Gasteiger partial charge in [0.15, 0.2) is 0 Å². The molecule has 0 spiro atoms. The van der Waals surface area contributed by atoms with E-state index in [1.54, 1.807) is 6.92 Å².